The van der Waals surface area contributed by atoms with Gasteiger partial charge in [0.05, 0.1) is 22.0 Å². The lowest BCUT2D eigenvalue weighted by Gasteiger charge is -2.19. The van der Waals surface area contributed by atoms with Crippen LogP contribution in [-0.2, 0) is 6.18 Å². The van der Waals surface area contributed by atoms with Crippen molar-refractivity contribution in [3.8, 4) is 17.3 Å². The predicted molar refractivity (Wildman–Crippen MR) is 106 cm³/mol. The van der Waals surface area contributed by atoms with Gasteiger partial charge < -0.3 is 25.6 Å². The number of primary amides is 1. The van der Waals surface area contributed by atoms with Crippen LogP contribution in [0.2, 0.25) is 10.0 Å². The number of alkyl halides is 5. The van der Waals surface area contributed by atoms with Crippen molar-refractivity contribution in [2.75, 3.05) is 5.32 Å². The zero-order valence-electron chi connectivity index (χ0n) is 16.2. The average Bonchev–Trinajstić information content (AvgIpc) is 3.31. The zero-order chi connectivity index (χ0) is 25.0. The Morgan fingerprint density at radius 3 is 2.59 bits per heavy atom. The Morgan fingerprint density at radius 2 is 1.97 bits per heavy atom. The molecule has 180 valence electrons. The summed E-state index contributed by atoms with van der Waals surface area (Å²) < 4.78 is 76.1. The number of nitrogens with zero attached hydrogens (tertiary/aromatic N) is 3. The molecule has 34 heavy (non-hydrogen) atoms. The number of carbonyl (C=O) groups is 1. The molecule has 1 amide bonds. The lowest BCUT2D eigenvalue weighted by atomic mass is 10.1. The first-order valence-corrected chi connectivity index (χ1v) is 9.69. The third kappa shape index (κ3) is 4.26. The molecule has 3 aromatic rings. The van der Waals surface area contributed by atoms with Crippen LogP contribution in [0.5, 0.6) is 11.5 Å². The number of rotatable bonds is 5. The number of aliphatic hydroxyl groups excluding tert-OH is 1. The maximum atomic E-state index is 13.5. The molecular weight excluding hydrogens is 516 g/mol. The molecule has 16 heteroatoms. The van der Waals surface area contributed by atoms with Gasteiger partial charge in [0.2, 0.25) is 0 Å². The maximum absolute atomic E-state index is 13.5. The SMILES string of the molecule is NC(=O)c1cc2c(c(Cl)c1NC(O)c1cc(C(F)(F)F)nn1-c1ncccc1Cl)OC(F)(F)O2. The summed E-state index contributed by atoms with van der Waals surface area (Å²) in [6.45, 7) is 0. The average molecular weight is 526 g/mol. The quantitative estimate of drug-likeness (QED) is 0.338. The molecule has 2 aromatic heterocycles. The van der Waals surface area contributed by atoms with Crippen molar-refractivity contribution in [3.63, 3.8) is 0 Å². The molecule has 3 heterocycles. The third-order valence-electron chi connectivity index (χ3n) is 4.43. The van der Waals surface area contributed by atoms with E-state index >= 15 is 0 Å². The molecule has 4 rings (SSSR count). The second-order valence-electron chi connectivity index (χ2n) is 6.69. The Balaban J connectivity index is 1.81. The Kier molecular flexibility index (Phi) is 5.70. The molecule has 9 nitrogen and oxygen atoms in total. The number of anilines is 1. The minimum Gasteiger partial charge on any atom is -0.395 e. The molecule has 0 saturated carbocycles. The number of nitrogens with one attached hydrogen (secondary N) is 1. The van der Waals surface area contributed by atoms with Gasteiger partial charge in [-0.05, 0) is 24.3 Å². The molecule has 0 radical (unpaired) electrons. The van der Waals surface area contributed by atoms with Crippen molar-refractivity contribution in [1.82, 2.24) is 14.8 Å². The lowest BCUT2D eigenvalue weighted by molar-refractivity contribution is -0.286. The number of hydrogen-bond donors (Lipinski definition) is 3. The number of nitrogens with two attached hydrogens (primary N) is 1. The van der Waals surface area contributed by atoms with Crippen LogP contribution in [0.15, 0.2) is 30.5 Å². The van der Waals surface area contributed by atoms with Gasteiger partial charge in [0.15, 0.2) is 29.2 Å². The van der Waals surface area contributed by atoms with Crippen LogP contribution in [0.3, 0.4) is 0 Å². The van der Waals surface area contributed by atoms with Crippen molar-refractivity contribution in [2.45, 2.75) is 18.7 Å². The predicted octanol–water partition coefficient (Wildman–Crippen LogP) is 4.12. The van der Waals surface area contributed by atoms with E-state index in [1.807, 2.05) is 0 Å². The van der Waals surface area contributed by atoms with Crippen LogP contribution < -0.4 is 20.5 Å². The molecule has 0 fully saturated rings. The second-order valence-corrected chi connectivity index (χ2v) is 7.48. The number of fused-ring (bicyclic) bond motifs is 1. The van der Waals surface area contributed by atoms with Crippen molar-refractivity contribution >= 4 is 34.8 Å². The number of aliphatic hydroxyl groups is 1. The molecule has 1 aromatic carbocycles. The van der Waals surface area contributed by atoms with Crippen LogP contribution in [0, 0.1) is 0 Å². The standard InChI is InChI=1S/C18H10Cl2F5N5O4/c19-7-2-1-3-27-15(7)30-8(5-10(29-30)17(21,22)23)16(32)28-12-6(14(26)31)4-9-13(11(12)20)34-18(24,25)33-9/h1-5,16,28,32H,(H2,26,31). The first-order valence-electron chi connectivity index (χ1n) is 8.93. The Labute approximate surface area is 195 Å². The van der Waals surface area contributed by atoms with Gasteiger partial charge in [-0.2, -0.15) is 18.3 Å². The molecule has 0 spiro atoms. The number of hydrogen-bond acceptors (Lipinski definition) is 7. The fourth-order valence-corrected chi connectivity index (χ4v) is 3.51. The number of aromatic nitrogens is 3. The number of halogens is 7. The largest absolute Gasteiger partial charge is 0.586 e. The van der Waals surface area contributed by atoms with Crippen molar-refractivity contribution in [3.05, 3.63) is 57.5 Å². The van der Waals surface area contributed by atoms with Crippen LogP contribution in [0.1, 0.15) is 28.0 Å². The summed E-state index contributed by atoms with van der Waals surface area (Å²) in [6, 6.07) is 3.99. The highest BCUT2D eigenvalue weighted by Crippen LogP contribution is 2.50. The second kappa shape index (κ2) is 8.14. The monoisotopic (exact) mass is 525 g/mol. The van der Waals surface area contributed by atoms with E-state index in [0.717, 1.165) is 6.07 Å². The van der Waals surface area contributed by atoms with Gasteiger partial charge in [-0.15, -0.1) is 8.78 Å². The highest BCUT2D eigenvalue weighted by Gasteiger charge is 2.46. The minimum atomic E-state index is -4.92. The zero-order valence-corrected chi connectivity index (χ0v) is 17.7. The normalized spacial score (nSPS) is 15.3. The van der Waals surface area contributed by atoms with E-state index in [1.165, 1.54) is 18.3 Å². The first-order chi connectivity index (χ1) is 15.8. The van der Waals surface area contributed by atoms with E-state index in [0.29, 0.717) is 10.7 Å². The summed E-state index contributed by atoms with van der Waals surface area (Å²) in [6.07, 6.45) is -9.85. The van der Waals surface area contributed by atoms with Gasteiger partial charge in [0.1, 0.15) is 5.02 Å². The van der Waals surface area contributed by atoms with Gasteiger partial charge in [0, 0.05) is 6.20 Å². The van der Waals surface area contributed by atoms with Crippen molar-refractivity contribution in [1.29, 1.82) is 0 Å². The molecule has 1 unspecified atom stereocenters. The number of carbonyl (C=O) groups excluding carboxylic acids is 1. The maximum Gasteiger partial charge on any atom is 0.586 e. The fraction of sp³-hybridized carbons (Fsp3) is 0.167. The van der Waals surface area contributed by atoms with E-state index in [9.17, 15) is 31.9 Å². The summed E-state index contributed by atoms with van der Waals surface area (Å²) in [5, 5.41) is 15.7. The summed E-state index contributed by atoms with van der Waals surface area (Å²) in [5.74, 6) is -2.75. The van der Waals surface area contributed by atoms with E-state index in [1.54, 1.807) is 0 Å². The van der Waals surface area contributed by atoms with E-state index in [2.05, 4.69) is 24.9 Å². The number of benzene rings is 1. The highest BCUT2D eigenvalue weighted by atomic mass is 35.5. The van der Waals surface area contributed by atoms with E-state index in [4.69, 9.17) is 28.9 Å². The van der Waals surface area contributed by atoms with Crippen LogP contribution in [0.4, 0.5) is 27.6 Å². The molecule has 1 aliphatic heterocycles. The summed E-state index contributed by atoms with van der Waals surface area (Å²) in [4.78, 5) is 15.7. The van der Waals surface area contributed by atoms with Crippen molar-refractivity contribution < 1.29 is 41.3 Å². The van der Waals surface area contributed by atoms with Crippen LogP contribution >= 0.6 is 23.2 Å². The Bertz CT molecular complexity index is 1300. The lowest BCUT2D eigenvalue weighted by Crippen LogP contribution is -2.26. The highest BCUT2D eigenvalue weighted by molar-refractivity contribution is 6.36. The first kappa shape index (κ1) is 23.8. The number of ether oxygens (including phenoxy) is 2. The summed E-state index contributed by atoms with van der Waals surface area (Å²) in [7, 11) is 0. The molecule has 1 atom stereocenters. The molecule has 0 saturated heterocycles. The number of amides is 1. The topological polar surface area (TPSA) is 125 Å². The summed E-state index contributed by atoms with van der Waals surface area (Å²) >= 11 is 12.1. The smallest absolute Gasteiger partial charge is 0.395 e. The van der Waals surface area contributed by atoms with Crippen molar-refractivity contribution in [2.24, 2.45) is 5.73 Å². The minimum absolute atomic E-state index is 0.103. The molecule has 4 N–H and O–H groups in total. The third-order valence-corrected chi connectivity index (χ3v) is 5.09. The van der Waals surface area contributed by atoms with Crippen LogP contribution in [0.25, 0.3) is 5.82 Å². The van der Waals surface area contributed by atoms with Gasteiger partial charge >= 0.3 is 12.5 Å². The van der Waals surface area contributed by atoms with Gasteiger partial charge in [0.25, 0.3) is 5.91 Å². The molecule has 0 bridgehead atoms. The molecular formula is C18H10Cl2F5N5O4. The Morgan fingerprint density at radius 1 is 1.26 bits per heavy atom. The van der Waals surface area contributed by atoms with Crippen LogP contribution in [-0.4, -0.2) is 32.1 Å². The Hall–Kier alpha value is -3.36. The number of pyridine rings is 1. The van der Waals surface area contributed by atoms with E-state index in [-0.39, 0.29) is 10.8 Å². The molecule has 1 aliphatic rings. The molecule has 0 aliphatic carbocycles. The fourth-order valence-electron chi connectivity index (χ4n) is 3.03. The van der Waals surface area contributed by atoms with Gasteiger partial charge in [-0.3, -0.25) is 4.79 Å². The summed E-state index contributed by atoms with van der Waals surface area (Å²) in [5.41, 5.74) is 2.28. The van der Waals surface area contributed by atoms with Gasteiger partial charge in [-0.25, -0.2) is 9.67 Å². The van der Waals surface area contributed by atoms with Gasteiger partial charge in [-0.1, -0.05) is 23.2 Å². The van der Waals surface area contributed by atoms with E-state index < -0.39 is 63.8 Å².